The van der Waals surface area contributed by atoms with Crippen LogP contribution >= 0.6 is 0 Å². The van der Waals surface area contributed by atoms with Crippen molar-refractivity contribution in [3.8, 4) is 11.4 Å². The van der Waals surface area contributed by atoms with Gasteiger partial charge >= 0.3 is 5.91 Å². The zero-order valence-electron chi connectivity index (χ0n) is 15.8. The summed E-state index contributed by atoms with van der Waals surface area (Å²) in [5, 5.41) is 3.76. The molecule has 3 aromatic rings. The van der Waals surface area contributed by atoms with Crippen LogP contribution < -0.4 is 22.3 Å². The van der Waals surface area contributed by atoms with Crippen molar-refractivity contribution < 1.29 is 21.8 Å². The van der Waals surface area contributed by atoms with Crippen molar-refractivity contribution in [2.45, 2.75) is 52.0 Å². The number of aromatic nitrogens is 3. The lowest BCUT2D eigenvalue weighted by atomic mass is 9.95. The maximum Gasteiger partial charge on any atom is 0.311 e. The molecule has 0 spiro atoms. The van der Waals surface area contributed by atoms with Crippen molar-refractivity contribution in [2.75, 3.05) is 5.32 Å². The summed E-state index contributed by atoms with van der Waals surface area (Å²) in [6.07, 6.45) is 7.94. The Balaban J connectivity index is 0.00000210. The lowest BCUT2D eigenvalue weighted by molar-refractivity contribution is -0.532. The molecule has 27 heavy (non-hydrogen) atoms. The Morgan fingerprint density at radius 3 is 2.59 bits per heavy atom. The summed E-state index contributed by atoms with van der Waals surface area (Å²) in [6, 6.07) is 12.3. The molecular formula is C21H25ClN4O. The summed E-state index contributed by atoms with van der Waals surface area (Å²) in [4.78, 5) is 17.1. The molecule has 0 amide bonds. The van der Waals surface area contributed by atoms with Crippen LogP contribution in [0.2, 0.25) is 0 Å². The lowest BCUT2D eigenvalue weighted by Gasteiger charge is -2.22. The van der Waals surface area contributed by atoms with Gasteiger partial charge in [0, 0.05) is 25.2 Å². The number of carbonyl (C=O) groups excluding carboxylic acids is 1. The molecule has 4 rings (SSSR count). The minimum atomic E-state index is -0.00885. The van der Waals surface area contributed by atoms with Crippen LogP contribution in [0.15, 0.2) is 42.6 Å². The number of pyridine rings is 2. The van der Waals surface area contributed by atoms with Crippen LogP contribution in [0.25, 0.3) is 17.0 Å². The molecule has 1 aliphatic carbocycles. The third-order valence-electron chi connectivity index (χ3n) is 5.23. The topological polar surface area (TPSA) is 50.3 Å². The normalized spacial score (nSPS) is 14.7. The van der Waals surface area contributed by atoms with Gasteiger partial charge in [-0.25, -0.2) is 4.79 Å². The number of aryl methyl sites for hydroxylation is 1. The van der Waals surface area contributed by atoms with Gasteiger partial charge in [-0.3, -0.25) is 4.98 Å². The number of imidazole rings is 1. The molecule has 0 aromatic carbocycles. The first-order valence-corrected chi connectivity index (χ1v) is 9.42. The van der Waals surface area contributed by atoms with E-state index < -0.39 is 0 Å². The number of halogens is 1. The standard InChI is InChI=1S/C21H25N4O.ClH/c1-15-9-8-13-19-24(15)21(23-17-10-4-3-5-11-17)20(25(19)16(2)26)18-12-6-7-14-22-18;/h6-9,12-14,17,23H,3-5,10-11H2,1-2H3;1H/q+1;/p-1. The van der Waals surface area contributed by atoms with Crippen molar-refractivity contribution in [1.29, 1.82) is 0 Å². The average Bonchev–Trinajstić information content (AvgIpc) is 2.99. The van der Waals surface area contributed by atoms with E-state index in [9.17, 15) is 4.79 Å². The molecule has 0 unspecified atom stereocenters. The van der Waals surface area contributed by atoms with Gasteiger partial charge < -0.3 is 17.7 Å². The van der Waals surface area contributed by atoms with Crippen molar-refractivity contribution in [3.63, 3.8) is 0 Å². The van der Waals surface area contributed by atoms with Crippen molar-refractivity contribution in [2.24, 2.45) is 0 Å². The fourth-order valence-electron chi connectivity index (χ4n) is 4.03. The second-order valence-corrected chi connectivity index (χ2v) is 7.11. The van der Waals surface area contributed by atoms with E-state index in [4.69, 9.17) is 0 Å². The second-order valence-electron chi connectivity index (χ2n) is 7.11. The Morgan fingerprint density at radius 2 is 1.93 bits per heavy atom. The summed E-state index contributed by atoms with van der Waals surface area (Å²) < 4.78 is 3.93. The molecule has 3 heterocycles. The summed E-state index contributed by atoms with van der Waals surface area (Å²) in [7, 11) is 0. The minimum absolute atomic E-state index is 0. The Bertz CT molecular complexity index is 946. The van der Waals surface area contributed by atoms with Crippen LogP contribution in [-0.4, -0.2) is 21.3 Å². The minimum Gasteiger partial charge on any atom is -1.00 e. The van der Waals surface area contributed by atoms with E-state index in [0.29, 0.717) is 6.04 Å². The highest BCUT2D eigenvalue weighted by molar-refractivity contribution is 5.77. The molecule has 1 N–H and O–H groups in total. The highest BCUT2D eigenvalue weighted by atomic mass is 35.5. The van der Waals surface area contributed by atoms with Crippen molar-refractivity contribution >= 4 is 17.4 Å². The Hall–Kier alpha value is -2.40. The molecule has 0 saturated heterocycles. The molecule has 3 aromatic heterocycles. The summed E-state index contributed by atoms with van der Waals surface area (Å²) in [5.41, 5.74) is 3.62. The second kappa shape index (κ2) is 8.09. The highest BCUT2D eigenvalue weighted by Gasteiger charge is 2.32. The van der Waals surface area contributed by atoms with Gasteiger partial charge in [-0.1, -0.05) is 31.4 Å². The van der Waals surface area contributed by atoms with E-state index in [-0.39, 0.29) is 18.3 Å². The molecule has 6 heteroatoms. The largest absolute Gasteiger partial charge is 1.00 e. The van der Waals surface area contributed by atoms with Gasteiger partial charge in [-0.2, -0.15) is 8.97 Å². The summed E-state index contributed by atoms with van der Waals surface area (Å²) >= 11 is 0. The number of hydrogen-bond acceptors (Lipinski definition) is 3. The molecule has 0 radical (unpaired) electrons. The average molecular weight is 385 g/mol. The lowest BCUT2D eigenvalue weighted by Crippen LogP contribution is -3.00. The highest BCUT2D eigenvalue weighted by Crippen LogP contribution is 2.30. The third kappa shape index (κ3) is 3.56. The van der Waals surface area contributed by atoms with Crippen LogP contribution in [0.5, 0.6) is 0 Å². The van der Waals surface area contributed by atoms with Crippen LogP contribution in [0.1, 0.15) is 49.5 Å². The number of nitrogens with one attached hydrogen (secondary N) is 1. The van der Waals surface area contributed by atoms with Gasteiger partial charge in [0.25, 0.3) is 11.5 Å². The van der Waals surface area contributed by atoms with Crippen LogP contribution in [0, 0.1) is 6.92 Å². The maximum atomic E-state index is 12.6. The van der Waals surface area contributed by atoms with Crippen LogP contribution in [0.3, 0.4) is 0 Å². The third-order valence-corrected chi connectivity index (χ3v) is 5.23. The fraction of sp³-hybridized carbons (Fsp3) is 0.381. The predicted molar refractivity (Wildman–Crippen MR) is 102 cm³/mol. The van der Waals surface area contributed by atoms with E-state index in [2.05, 4.69) is 27.7 Å². The SMILES string of the molecule is CC(=O)[n+]1c(-c2ccccn2)c(NC2CCCCC2)n2c(C)cccc21.[Cl-]. The first kappa shape index (κ1) is 19.4. The van der Waals surface area contributed by atoms with Gasteiger partial charge in [0.15, 0.2) is 0 Å². The van der Waals surface area contributed by atoms with Gasteiger partial charge in [0.05, 0.1) is 0 Å². The van der Waals surface area contributed by atoms with Crippen LogP contribution in [0.4, 0.5) is 5.82 Å². The molecule has 5 nitrogen and oxygen atoms in total. The van der Waals surface area contributed by atoms with E-state index in [1.54, 1.807) is 17.7 Å². The Morgan fingerprint density at radius 1 is 1.15 bits per heavy atom. The molecular weight excluding hydrogens is 360 g/mol. The summed E-state index contributed by atoms with van der Waals surface area (Å²) in [5.74, 6) is 0.962. The quantitative estimate of drug-likeness (QED) is 0.685. The number of fused-ring (bicyclic) bond motifs is 1. The van der Waals surface area contributed by atoms with E-state index in [1.165, 1.54) is 32.1 Å². The molecule has 1 saturated carbocycles. The molecule has 1 fully saturated rings. The van der Waals surface area contributed by atoms with Crippen molar-refractivity contribution in [1.82, 2.24) is 9.38 Å². The van der Waals surface area contributed by atoms with Crippen molar-refractivity contribution in [3.05, 3.63) is 48.3 Å². The zero-order valence-corrected chi connectivity index (χ0v) is 16.5. The molecule has 1 aliphatic rings. The number of carbonyl (C=O) groups is 1. The molecule has 142 valence electrons. The van der Waals surface area contributed by atoms with Gasteiger partial charge in [-0.15, -0.1) is 0 Å². The van der Waals surface area contributed by atoms with Crippen LogP contribution in [-0.2, 0) is 0 Å². The monoisotopic (exact) mass is 384 g/mol. The maximum absolute atomic E-state index is 12.6. The first-order chi connectivity index (χ1) is 12.7. The Kier molecular flexibility index (Phi) is 5.80. The molecule has 0 aliphatic heterocycles. The number of anilines is 1. The van der Waals surface area contributed by atoms with E-state index in [0.717, 1.165) is 28.5 Å². The van der Waals surface area contributed by atoms with Gasteiger partial charge in [0.2, 0.25) is 5.69 Å². The Labute approximate surface area is 165 Å². The fourth-order valence-corrected chi connectivity index (χ4v) is 4.03. The van der Waals surface area contributed by atoms with E-state index in [1.807, 2.05) is 30.3 Å². The van der Waals surface area contributed by atoms with Gasteiger partial charge in [-0.05, 0) is 38.0 Å². The van der Waals surface area contributed by atoms with Gasteiger partial charge in [0.1, 0.15) is 11.4 Å². The number of rotatable bonds is 3. The molecule has 0 bridgehead atoms. The number of nitrogens with zero attached hydrogens (tertiary/aromatic N) is 3. The number of hydrogen-bond donors (Lipinski definition) is 1. The molecule has 0 atom stereocenters. The zero-order chi connectivity index (χ0) is 18.1. The van der Waals surface area contributed by atoms with E-state index >= 15 is 0 Å². The predicted octanol–water partition coefficient (Wildman–Crippen LogP) is 1.01. The summed E-state index contributed by atoms with van der Waals surface area (Å²) in [6.45, 7) is 3.69. The smallest absolute Gasteiger partial charge is 0.311 e. The first-order valence-electron chi connectivity index (χ1n) is 9.42.